The first-order chi connectivity index (χ1) is 11.0. The Morgan fingerprint density at radius 1 is 1.22 bits per heavy atom. The Balaban J connectivity index is 1.81. The minimum absolute atomic E-state index is 0.183. The van der Waals surface area contributed by atoms with Crippen LogP contribution in [0.25, 0.3) is 5.69 Å². The first-order valence-electron chi connectivity index (χ1n) is 7.01. The van der Waals surface area contributed by atoms with Crippen molar-refractivity contribution in [2.75, 3.05) is 5.32 Å². The molecule has 2 aromatic heterocycles. The molecule has 2 heterocycles. The maximum atomic E-state index is 12.2. The average molecular weight is 347 g/mol. The highest BCUT2D eigenvalue weighted by Gasteiger charge is 2.12. The second kappa shape index (κ2) is 6.14. The maximum absolute atomic E-state index is 12.2. The lowest BCUT2D eigenvalue weighted by molar-refractivity contribution is 0.102. The maximum Gasteiger partial charge on any atom is 0.257 e. The van der Waals surface area contributed by atoms with E-state index in [1.165, 1.54) is 11.3 Å². The molecule has 1 N–H and O–H groups in total. The lowest BCUT2D eigenvalue weighted by Crippen LogP contribution is -2.11. The molecule has 0 aliphatic rings. The molecular weight excluding hydrogens is 332 g/mol. The van der Waals surface area contributed by atoms with Crippen LogP contribution >= 0.6 is 22.9 Å². The number of nitrogens with one attached hydrogen (secondary N) is 1. The van der Waals surface area contributed by atoms with Gasteiger partial charge in [-0.3, -0.25) is 10.1 Å². The second-order valence-electron chi connectivity index (χ2n) is 5.17. The molecule has 0 aliphatic heterocycles. The molecule has 0 spiro atoms. The van der Waals surface area contributed by atoms with Crippen LogP contribution in [-0.4, -0.2) is 20.7 Å². The number of thiazole rings is 1. The molecule has 0 unspecified atom stereocenters. The number of hydrogen-bond donors (Lipinski definition) is 1. The Bertz CT molecular complexity index is 867. The summed E-state index contributed by atoms with van der Waals surface area (Å²) >= 11 is 7.61. The van der Waals surface area contributed by atoms with Crippen LogP contribution in [0.15, 0.2) is 30.5 Å². The van der Waals surface area contributed by atoms with Crippen molar-refractivity contribution >= 4 is 34.0 Å². The van der Waals surface area contributed by atoms with Crippen molar-refractivity contribution in [1.29, 1.82) is 0 Å². The fourth-order valence-electron chi connectivity index (χ4n) is 2.21. The molecule has 0 radical (unpaired) electrons. The van der Waals surface area contributed by atoms with Crippen molar-refractivity contribution in [3.63, 3.8) is 0 Å². The van der Waals surface area contributed by atoms with Gasteiger partial charge in [0.15, 0.2) is 5.13 Å². The molecule has 5 nitrogen and oxygen atoms in total. The summed E-state index contributed by atoms with van der Waals surface area (Å²) in [4.78, 5) is 17.4. The number of benzene rings is 1. The van der Waals surface area contributed by atoms with Crippen LogP contribution in [0.2, 0.25) is 5.02 Å². The van der Waals surface area contributed by atoms with Crippen molar-refractivity contribution in [2.24, 2.45) is 0 Å². The number of aromatic nitrogens is 3. The van der Waals surface area contributed by atoms with E-state index in [0.29, 0.717) is 15.7 Å². The molecule has 0 bridgehead atoms. The number of aryl methyl sites for hydroxylation is 2. The summed E-state index contributed by atoms with van der Waals surface area (Å²) in [7, 11) is 0. The largest absolute Gasteiger partial charge is 0.298 e. The van der Waals surface area contributed by atoms with E-state index in [4.69, 9.17) is 11.6 Å². The van der Waals surface area contributed by atoms with Gasteiger partial charge in [-0.05, 0) is 45.0 Å². The molecule has 0 fully saturated rings. The third-order valence-electron chi connectivity index (χ3n) is 3.42. The topological polar surface area (TPSA) is 59.8 Å². The fraction of sp³-hybridized carbons (Fsp3) is 0.188. The second-order valence-corrected chi connectivity index (χ2v) is 6.79. The Kier molecular flexibility index (Phi) is 4.19. The van der Waals surface area contributed by atoms with Gasteiger partial charge in [0.25, 0.3) is 5.91 Å². The summed E-state index contributed by atoms with van der Waals surface area (Å²) in [5, 5.41) is 8.45. The van der Waals surface area contributed by atoms with E-state index >= 15 is 0 Å². The molecule has 7 heteroatoms. The van der Waals surface area contributed by atoms with Gasteiger partial charge in [-0.2, -0.15) is 5.10 Å². The van der Waals surface area contributed by atoms with E-state index in [2.05, 4.69) is 15.4 Å². The first-order valence-corrected chi connectivity index (χ1v) is 8.21. The predicted octanol–water partition coefficient (Wildman–Crippen LogP) is 4.16. The van der Waals surface area contributed by atoms with Crippen molar-refractivity contribution in [1.82, 2.24) is 14.8 Å². The standard InChI is InChI=1S/C16H15ClN4OS/c1-9-8-18-16(23-9)19-15(22)12-4-6-13(7-5-12)21-11(3)14(17)10(2)20-21/h4-8H,1-3H3,(H,18,19,22). The summed E-state index contributed by atoms with van der Waals surface area (Å²) in [6.07, 6.45) is 1.73. The highest BCUT2D eigenvalue weighted by Crippen LogP contribution is 2.23. The lowest BCUT2D eigenvalue weighted by Gasteiger charge is -2.06. The molecule has 3 rings (SSSR count). The number of carbonyl (C=O) groups excluding carboxylic acids is 1. The van der Waals surface area contributed by atoms with Gasteiger partial charge >= 0.3 is 0 Å². The predicted molar refractivity (Wildman–Crippen MR) is 92.9 cm³/mol. The average Bonchev–Trinajstić information content (AvgIpc) is 3.06. The van der Waals surface area contributed by atoms with Gasteiger partial charge in [0.05, 0.1) is 22.1 Å². The van der Waals surface area contributed by atoms with Gasteiger partial charge in [0, 0.05) is 16.6 Å². The number of amides is 1. The number of halogens is 1. The zero-order chi connectivity index (χ0) is 16.6. The Labute approximate surface area is 142 Å². The van der Waals surface area contributed by atoms with Crippen LogP contribution in [-0.2, 0) is 0 Å². The molecule has 0 saturated carbocycles. The summed E-state index contributed by atoms with van der Waals surface area (Å²) < 4.78 is 1.77. The minimum Gasteiger partial charge on any atom is -0.298 e. The molecule has 0 saturated heterocycles. The molecule has 1 aromatic carbocycles. The van der Waals surface area contributed by atoms with Crippen molar-refractivity contribution in [2.45, 2.75) is 20.8 Å². The summed E-state index contributed by atoms with van der Waals surface area (Å²) in [6, 6.07) is 7.21. The van der Waals surface area contributed by atoms with Gasteiger partial charge in [0.2, 0.25) is 0 Å². The monoisotopic (exact) mass is 346 g/mol. The number of anilines is 1. The molecular formula is C16H15ClN4OS. The van der Waals surface area contributed by atoms with E-state index in [-0.39, 0.29) is 5.91 Å². The molecule has 3 aromatic rings. The van der Waals surface area contributed by atoms with Crippen LogP contribution in [0.5, 0.6) is 0 Å². The molecule has 0 aliphatic carbocycles. The van der Waals surface area contributed by atoms with E-state index < -0.39 is 0 Å². The van der Waals surface area contributed by atoms with Crippen molar-refractivity contribution in [3.8, 4) is 5.69 Å². The molecule has 23 heavy (non-hydrogen) atoms. The molecule has 0 atom stereocenters. The Morgan fingerprint density at radius 2 is 1.91 bits per heavy atom. The van der Waals surface area contributed by atoms with Gasteiger partial charge in [0.1, 0.15) is 0 Å². The third-order valence-corrected chi connectivity index (χ3v) is 4.79. The number of hydrogen-bond acceptors (Lipinski definition) is 4. The van der Waals surface area contributed by atoms with Crippen LogP contribution in [0, 0.1) is 20.8 Å². The Morgan fingerprint density at radius 3 is 2.43 bits per heavy atom. The fourth-order valence-corrected chi connectivity index (χ4v) is 2.99. The van der Waals surface area contributed by atoms with E-state index in [1.807, 2.05) is 32.9 Å². The third kappa shape index (κ3) is 3.13. The number of carbonyl (C=O) groups is 1. The minimum atomic E-state index is -0.183. The first kappa shape index (κ1) is 15.7. The van der Waals surface area contributed by atoms with Crippen molar-refractivity contribution < 1.29 is 4.79 Å². The summed E-state index contributed by atoms with van der Waals surface area (Å²) in [5.41, 5.74) is 3.08. The van der Waals surface area contributed by atoms with Crippen LogP contribution in [0.4, 0.5) is 5.13 Å². The van der Waals surface area contributed by atoms with Gasteiger partial charge in [-0.15, -0.1) is 11.3 Å². The van der Waals surface area contributed by atoms with Crippen molar-refractivity contribution in [3.05, 3.63) is 57.3 Å². The lowest BCUT2D eigenvalue weighted by atomic mass is 10.2. The quantitative estimate of drug-likeness (QED) is 0.774. The zero-order valence-electron chi connectivity index (χ0n) is 12.9. The van der Waals surface area contributed by atoms with Crippen LogP contribution in [0.3, 0.4) is 0 Å². The SMILES string of the molecule is Cc1cnc(NC(=O)c2ccc(-n3nc(C)c(Cl)c3C)cc2)s1. The summed E-state index contributed by atoms with van der Waals surface area (Å²) in [6.45, 7) is 5.72. The summed E-state index contributed by atoms with van der Waals surface area (Å²) in [5.74, 6) is -0.183. The Hall–Kier alpha value is -2.18. The zero-order valence-corrected chi connectivity index (χ0v) is 14.5. The van der Waals surface area contributed by atoms with Gasteiger partial charge in [-0.1, -0.05) is 11.6 Å². The van der Waals surface area contributed by atoms with Crippen LogP contribution < -0.4 is 5.32 Å². The highest BCUT2D eigenvalue weighted by atomic mass is 35.5. The number of rotatable bonds is 3. The smallest absolute Gasteiger partial charge is 0.257 e. The van der Waals surface area contributed by atoms with Gasteiger partial charge in [-0.25, -0.2) is 9.67 Å². The van der Waals surface area contributed by atoms with E-state index in [9.17, 15) is 4.79 Å². The normalized spacial score (nSPS) is 10.8. The van der Waals surface area contributed by atoms with Gasteiger partial charge < -0.3 is 0 Å². The van der Waals surface area contributed by atoms with E-state index in [0.717, 1.165) is 22.0 Å². The van der Waals surface area contributed by atoms with Crippen LogP contribution in [0.1, 0.15) is 26.6 Å². The molecule has 118 valence electrons. The number of nitrogens with zero attached hydrogens (tertiary/aromatic N) is 3. The highest BCUT2D eigenvalue weighted by molar-refractivity contribution is 7.15. The van der Waals surface area contributed by atoms with E-state index in [1.54, 1.807) is 23.0 Å². The molecule has 1 amide bonds.